The summed E-state index contributed by atoms with van der Waals surface area (Å²) < 4.78 is 10.9. The minimum Gasteiger partial charge on any atom is -0.490 e. The first-order valence-electron chi connectivity index (χ1n) is 7.10. The van der Waals surface area contributed by atoms with Crippen LogP contribution in [0.2, 0.25) is 5.02 Å². The Morgan fingerprint density at radius 2 is 2.38 bits per heavy atom. The van der Waals surface area contributed by atoms with E-state index in [9.17, 15) is 9.90 Å². The van der Waals surface area contributed by atoms with Gasteiger partial charge >= 0.3 is 6.09 Å². The van der Waals surface area contributed by atoms with Gasteiger partial charge in [-0.15, -0.1) is 0 Å². The number of rotatable bonds is 7. The molecule has 116 valence electrons. The lowest BCUT2D eigenvalue weighted by molar-refractivity contribution is 0.0982. The molecule has 6 heteroatoms. The number of aliphatic hydroxyl groups excluding tert-OH is 1. The molecule has 1 heterocycles. The van der Waals surface area contributed by atoms with Crippen LogP contribution in [0, 0.1) is 0 Å². The Kier molecular flexibility index (Phi) is 5.70. The van der Waals surface area contributed by atoms with Crippen LogP contribution in [0.4, 0.5) is 4.79 Å². The van der Waals surface area contributed by atoms with Crippen LogP contribution in [0.1, 0.15) is 19.8 Å². The molecule has 21 heavy (non-hydrogen) atoms. The van der Waals surface area contributed by atoms with Gasteiger partial charge in [-0.3, -0.25) is 4.90 Å². The number of carbonyl (C=O) groups is 1. The molecule has 1 aromatic rings. The third-order valence-electron chi connectivity index (χ3n) is 3.41. The van der Waals surface area contributed by atoms with Crippen LogP contribution in [0.3, 0.4) is 0 Å². The van der Waals surface area contributed by atoms with E-state index in [1.165, 1.54) is 0 Å². The van der Waals surface area contributed by atoms with E-state index >= 15 is 0 Å². The fourth-order valence-electron chi connectivity index (χ4n) is 2.35. The van der Waals surface area contributed by atoms with Gasteiger partial charge in [0.25, 0.3) is 0 Å². The van der Waals surface area contributed by atoms with Gasteiger partial charge in [0.1, 0.15) is 12.4 Å². The Morgan fingerprint density at radius 1 is 1.57 bits per heavy atom. The number of amides is 1. The van der Waals surface area contributed by atoms with Crippen LogP contribution >= 0.6 is 11.6 Å². The van der Waals surface area contributed by atoms with Crippen molar-refractivity contribution in [2.75, 3.05) is 19.8 Å². The maximum absolute atomic E-state index is 11.8. The van der Waals surface area contributed by atoms with Crippen LogP contribution in [-0.2, 0) is 4.74 Å². The van der Waals surface area contributed by atoms with Gasteiger partial charge in [-0.1, -0.05) is 31.0 Å². The van der Waals surface area contributed by atoms with E-state index in [1.807, 2.05) is 6.92 Å². The van der Waals surface area contributed by atoms with E-state index in [1.54, 1.807) is 29.2 Å². The predicted octanol–water partition coefficient (Wildman–Crippen LogP) is 2.70. The fourth-order valence-corrected chi connectivity index (χ4v) is 2.53. The third-order valence-corrected chi connectivity index (χ3v) is 3.64. The normalized spacial score (nSPS) is 19.5. The molecule has 5 nitrogen and oxygen atoms in total. The van der Waals surface area contributed by atoms with Gasteiger partial charge in [-0.25, -0.2) is 4.79 Å². The Labute approximate surface area is 129 Å². The van der Waals surface area contributed by atoms with E-state index < -0.39 is 0 Å². The Hall–Kier alpha value is -1.46. The maximum Gasteiger partial charge on any atom is 0.410 e. The summed E-state index contributed by atoms with van der Waals surface area (Å²) >= 11 is 5.88. The molecular formula is C15H20ClNO4. The van der Waals surface area contributed by atoms with E-state index in [0.29, 0.717) is 17.3 Å². The molecule has 1 aliphatic heterocycles. The molecule has 1 aromatic carbocycles. The molecule has 0 radical (unpaired) electrons. The Bertz CT molecular complexity index is 482. The highest BCUT2D eigenvalue weighted by Gasteiger charge is 2.35. The van der Waals surface area contributed by atoms with Gasteiger partial charge in [-0.05, 0) is 24.6 Å². The lowest BCUT2D eigenvalue weighted by Crippen LogP contribution is -2.39. The summed E-state index contributed by atoms with van der Waals surface area (Å²) in [7, 11) is 0. The van der Waals surface area contributed by atoms with Gasteiger partial charge in [0.15, 0.2) is 6.10 Å². The molecule has 2 rings (SSSR count). The highest BCUT2D eigenvalue weighted by molar-refractivity contribution is 6.30. The molecule has 1 N–H and O–H groups in total. The van der Waals surface area contributed by atoms with E-state index in [2.05, 4.69) is 0 Å². The van der Waals surface area contributed by atoms with Crippen molar-refractivity contribution < 1.29 is 19.4 Å². The topological polar surface area (TPSA) is 59.0 Å². The number of hydrogen-bond donors (Lipinski definition) is 1. The summed E-state index contributed by atoms with van der Waals surface area (Å²) in [5, 5.41) is 9.96. The van der Waals surface area contributed by atoms with Crippen LogP contribution < -0.4 is 4.74 Å². The number of carbonyl (C=O) groups excluding carboxylic acids is 1. The second-order valence-electron chi connectivity index (χ2n) is 5.05. The summed E-state index contributed by atoms with van der Waals surface area (Å²) in [6, 6.07) is 6.90. The number of nitrogens with zero attached hydrogens (tertiary/aromatic N) is 1. The largest absolute Gasteiger partial charge is 0.490 e. The van der Waals surface area contributed by atoms with Gasteiger partial charge in [-0.2, -0.15) is 0 Å². The monoisotopic (exact) mass is 313 g/mol. The molecule has 2 unspecified atom stereocenters. The minimum atomic E-state index is -0.387. The molecule has 0 saturated carbocycles. The molecule has 1 saturated heterocycles. The molecule has 1 aliphatic rings. The SMILES string of the molecule is CCCC(CO)N1CC(COc2cccc(Cl)c2)OC1=O. The van der Waals surface area contributed by atoms with Gasteiger partial charge in [0, 0.05) is 5.02 Å². The highest BCUT2D eigenvalue weighted by atomic mass is 35.5. The van der Waals surface area contributed by atoms with Crippen molar-refractivity contribution in [2.45, 2.75) is 31.9 Å². The summed E-state index contributed by atoms with van der Waals surface area (Å²) in [5.74, 6) is 0.643. The molecule has 1 amide bonds. The third kappa shape index (κ3) is 4.25. The summed E-state index contributed by atoms with van der Waals surface area (Å²) in [4.78, 5) is 13.4. The van der Waals surface area contributed by atoms with Crippen LogP contribution in [0.15, 0.2) is 24.3 Å². The number of halogens is 1. The first-order valence-corrected chi connectivity index (χ1v) is 7.48. The van der Waals surface area contributed by atoms with E-state index in [-0.39, 0.29) is 31.5 Å². The quantitative estimate of drug-likeness (QED) is 0.841. The van der Waals surface area contributed by atoms with Crippen molar-refractivity contribution in [1.82, 2.24) is 4.90 Å². The molecule has 0 bridgehead atoms. The number of aliphatic hydroxyl groups is 1. The molecule has 0 aromatic heterocycles. The highest BCUT2D eigenvalue weighted by Crippen LogP contribution is 2.20. The first-order chi connectivity index (χ1) is 10.1. The molecule has 0 aliphatic carbocycles. The van der Waals surface area contributed by atoms with Crippen molar-refractivity contribution in [3.05, 3.63) is 29.3 Å². The first kappa shape index (κ1) is 15.9. The average Bonchev–Trinajstić information content (AvgIpc) is 2.84. The smallest absolute Gasteiger partial charge is 0.410 e. The Morgan fingerprint density at radius 3 is 3.05 bits per heavy atom. The molecule has 2 atom stereocenters. The second kappa shape index (κ2) is 7.52. The summed E-state index contributed by atoms with van der Waals surface area (Å²) in [6.45, 7) is 2.67. The zero-order valence-electron chi connectivity index (χ0n) is 12.0. The zero-order chi connectivity index (χ0) is 15.2. The summed E-state index contributed by atoms with van der Waals surface area (Å²) in [5.41, 5.74) is 0. The number of cyclic esters (lactones) is 1. The van der Waals surface area contributed by atoms with E-state index in [0.717, 1.165) is 12.8 Å². The predicted molar refractivity (Wildman–Crippen MR) is 79.7 cm³/mol. The molecule has 1 fully saturated rings. The van der Waals surface area contributed by atoms with Crippen molar-refractivity contribution in [1.29, 1.82) is 0 Å². The van der Waals surface area contributed by atoms with Crippen LogP contribution in [-0.4, -0.2) is 48.0 Å². The summed E-state index contributed by atoms with van der Waals surface area (Å²) in [6.07, 6.45) is 0.941. The number of hydrogen-bond acceptors (Lipinski definition) is 4. The standard InChI is InChI=1S/C15H20ClNO4/c1-2-4-12(9-18)17-8-14(21-15(17)19)10-20-13-6-3-5-11(16)7-13/h3,5-7,12,14,18H,2,4,8-10H2,1H3. The van der Waals surface area contributed by atoms with E-state index in [4.69, 9.17) is 21.1 Å². The fraction of sp³-hybridized carbons (Fsp3) is 0.533. The van der Waals surface area contributed by atoms with Crippen LogP contribution in [0.5, 0.6) is 5.75 Å². The van der Waals surface area contributed by atoms with Gasteiger partial charge < -0.3 is 14.6 Å². The van der Waals surface area contributed by atoms with Crippen LogP contribution in [0.25, 0.3) is 0 Å². The van der Waals surface area contributed by atoms with Crippen molar-refractivity contribution in [2.24, 2.45) is 0 Å². The van der Waals surface area contributed by atoms with Gasteiger partial charge in [0.2, 0.25) is 0 Å². The number of ether oxygens (including phenoxy) is 2. The van der Waals surface area contributed by atoms with Crippen molar-refractivity contribution in [3.63, 3.8) is 0 Å². The lowest BCUT2D eigenvalue weighted by Gasteiger charge is -2.23. The van der Waals surface area contributed by atoms with Crippen molar-refractivity contribution >= 4 is 17.7 Å². The van der Waals surface area contributed by atoms with Gasteiger partial charge in [0.05, 0.1) is 19.2 Å². The number of benzene rings is 1. The van der Waals surface area contributed by atoms with Crippen molar-refractivity contribution in [3.8, 4) is 5.75 Å². The molecular weight excluding hydrogens is 294 g/mol. The second-order valence-corrected chi connectivity index (χ2v) is 5.49. The maximum atomic E-state index is 11.8. The average molecular weight is 314 g/mol. The zero-order valence-corrected chi connectivity index (χ0v) is 12.8. The lowest BCUT2D eigenvalue weighted by atomic mass is 10.1. The molecule has 0 spiro atoms. The minimum absolute atomic E-state index is 0.0508. The Balaban J connectivity index is 1.87.